The zero-order valence-electron chi connectivity index (χ0n) is 8.94. The molecule has 0 bridgehead atoms. The van der Waals surface area contributed by atoms with Crippen molar-refractivity contribution in [2.24, 2.45) is 0 Å². The largest absolute Gasteiger partial charge is 0.350 e. The molecule has 3 nitrogen and oxygen atoms in total. The van der Waals surface area contributed by atoms with Gasteiger partial charge in [-0.3, -0.25) is 0 Å². The molecule has 0 aliphatic carbocycles. The molecular weight excluding hydrogens is 205 g/mol. The summed E-state index contributed by atoms with van der Waals surface area (Å²) in [5.41, 5.74) is 1.96. The molecule has 2 aromatic rings. The molecule has 0 saturated heterocycles. The van der Waals surface area contributed by atoms with Crippen molar-refractivity contribution >= 4 is 5.95 Å². The lowest BCUT2D eigenvalue weighted by Gasteiger charge is -2.07. The smallest absolute Gasteiger partial charge is 0.222 e. The number of aromatic nitrogens is 2. The quantitative estimate of drug-likeness (QED) is 0.858. The van der Waals surface area contributed by atoms with Crippen molar-refractivity contribution < 1.29 is 4.39 Å². The first kappa shape index (κ1) is 10.5. The van der Waals surface area contributed by atoms with Gasteiger partial charge in [-0.2, -0.15) is 0 Å². The van der Waals surface area contributed by atoms with Gasteiger partial charge in [0.05, 0.1) is 0 Å². The number of hydrogen-bond acceptors (Lipinski definition) is 3. The molecule has 0 amide bonds. The third kappa shape index (κ3) is 2.53. The van der Waals surface area contributed by atoms with Crippen molar-refractivity contribution in [2.45, 2.75) is 13.5 Å². The highest BCUT2D eigenvalue weighted by Crippen LogP contribution is 2.11. The molecule has 1 heterocycles. The molecule has 1 N–H and O–H groups in total. The van der Waals surface area contributed by atoms with Gasteiger partial charge in [0.2, 0.25) is 5.95 Å². The standard InChI is InChI=1S/C12H12FN3/c1-9-7-11(13)4-3-10(9)8-16-12-14-5-2-6-15-12/h2-7H,8H2,1H3,(H,14,15,16). The summed E-state index contributed by atoms with van der Waals surface area (Å²) in [7, 11) is 0. The van der Waals surface area contributed by atoms with E-state index in [0.29, 0.717) is 12.5 Å². The van der Waals surface area contributed by atoms with Gasteiger partial charge >= 0.3 is 0 Å². The molecule has 1 aromatic carbocycles. The highest BCUT2D eigenvalue weighted by molar-refractivity contribution is 5.31. The van der Waals surface area contributed by atoms with Crippen LogP contribution in [0.15, 0.2) is 36.7 Å². The second kappa shape index (κ2) is 4.70. The summed E-state index contributed by atoms with van der Waals surface area (Å²) in [4.78, 5) is 8.09. The summed E-state index contributed by atoms with van der Waals surface area (Å²) in [6, 6.07) is 6.49. The number of anilines is 1. The first-order valence-corrected chi connectivity index (χ1v) is 5.01. The van der Waals surface area contributed by atoms with Crippen molar-refractivity contribution in [1.82, 2.24) is 9.97 Å². The van der Waals surface area contributed by atoms with Crippen molar-refractivity contribution in [3.05, 3.63) is 53.6 Å². The molecule has 0 saturated carbocycles. The fourth-order valence-electron chi connectivity index (χ4n) is 1.42. The molecular formula is C12H12FN3. The Labute approximate surface area is 93.4 Å². The molecule has 0 aliphatic rings. The zero-order chi connectivity index (χ0) is 11.4. The second-order valence-electron chi connectivity index (χ2n) is 3.50. The number of nitrogens with one attached hydrogen (secondary N) is 1. The molecule has 0 spiro atoms. The predicted octanol–water partition coefficient (Wildman–Crippen LogP) is 2.54. The van der Waals surface area contributed by atoms with Crippen LogP contribution in [0, 0.1) is 12.7 Å². The molecule has 0 radical (unpaired) electrons. The Morgan fingerprint density at radius 2 is 2.00 bits per heavy atom. The molecule has 82 valence electrons. The fraction of sp³-hybridized carbons (Fsp3) is 0.167. The minimum Gasteiger partial charge on any atom is -0.350 e. The number of hydrogen-bond donors (Lipinski definition) is 1. The predicted molar refractivity (Wildman–Crippen MR) is 60.5 cm³/mol. The van der Waals surface area contributed by atoms with Crippen LogP contribution in [0.25, 0.3) is 0 Å². The Balaban J connectivity index is 2.05. The molecule has 0 unspecified atom stereocenters. The highest BCUT2D eigenvalue weighted by atomic mass is 19.1. The maximum atomic E-state index is 12.9. The lowest BCUT2D eigenvalue weighted by atomic mass is 10.1. The molecule has 0 atom stereocenters. The summed E-state index contributed by atoms with van der Waals surface area (Å²) < 4.78 is 12.9. The topological polar surface area (TPSA) is 37.8 Å². The number of aryl methyl sites for hydroxylation is 1. The van der Waals surface area contributed by atoms with E-state index in [1.54, 1.807) is 24.5 Å². The van der Waals surface area contributed by atoms with Gasteiger partial charge in [-0.1, -0.05) is 6.07 Å². The Morgan fingerprint density at radius 3 is 2.69 bits per heavy atom. The van der Waals surface area contributed by atoms with Crippen molar-refractivity contribution in [3.8, 4) is 0 Å². The Bertz CT molecular complexity index is 471. The van der Waals surface area contributed by atoms with Crippen LogP contribution < -0.4 is 5.32 Å². The molecule has 0 fully saturated rings. The maximum absolute atomic E-state index is 12.9. The molecule has 2 rings (SSSR count). The molecule has 1 aromatic heterocycles. The summed E-state index contributed by atoms with van der Waals surface area (Å²) in [5, 5.41) is 3.08. The number of nitrogens with zero attached hydrogens (tertiary/aromatic N) is 2. The minimum absolute atomic E-state index is 0.211. The van der Waals surface area contributed by atoms with Gasteiger partial charge in [0.25, 0.3) is 0 Å². The average molecular weight is 217 g/mol. The van der Waals surface area contributed by atoms with E-state index in [9.17, 15) is 4.39 Å². The zero-order valence-corrected chi connectivity index (χ0v) is 8.94. The van der Waals surface area contributed by atoms with Gasteiger partial charge in [0, 0.05) is 18.9 Å². The van der Waals surface area contributed by atoms with E-state index in [2.05, 4.69) is 15.3 Å². The number of benzene rings is 1. The van der Waals surface area contributed by atoms with Crippen molar-refractivity contribution in [1.29, 1.82) is 0 Å². The maximum Gasteiger partial charge on any atom is 0.222 e. The molecule has 4 heteroatoms. The van der Waals surface area contributed by atoms with Crippen molar-refractivity contribution in [3.63, 3.8) is 0 Å². The monoisotopic (exact) mass is 217 g/mol. The summed E-state index contributed by atoms with van der Waals surface area (Å²) in [6.45, 7) is 2.47. The Morgan fingerprint density at radius 1 is 1.25 bits per heavy atom. The van der Waals surface area contributed by atoms with E-state index in [0.717, 1.165) is 11.1 Å². The summed E-state index contributed by atoms with van der Waals surface area (Å²) >= 11 is 0. The first-order valence-electron chi connectivity index (χ1n) is 5.01. The average Bonchev–Trinajstić information content (AvgIpc) is 2.29. The lowest BCUT2D eigenvalue weighted by Crippen LogP contribution is -2.04. The van der Waals surface area contributed by atoms with Crippen LogP contribution in [0.4, 0.5) is 10.3 Å². The van der Waals surface area contributed by atoms with Gasteiger partial charge in [-0.05, 0) is 36.2 Å². The van der Waals surface area contributed by atoms with E-state index >= 15 is 0 Å². The van der Waals surface area contributed by atoms with Crippen LogP contribution in [0.5, 0.6) is 0 Å². The number of rotatable bonds is 3. The van der Waals surface area contributed by atoms with E-state index < -0.39 is 0 Å². The van der Waals surface area contributed by atoms with Gasteiger partial charge in [0.1, 0.15) is 5.82 Å². The van der Waals surface area contributed by atoms with E-state index in [-0.39, 0.29) is 5.82 Å². The van der Waals surface area contributed by atoms with Crippen LogP contribution >= 0.6 is 0 Å². The third-order valence-corrected chi connectivity index (χ3v) is 2.31. The van der Waals surface area contributed by atoms with Crippen LogP contribution in [-0.2, 0) is 6.54 Å². The van der Waals surface area contributed by atoms with E-state index in [4.69, 9.17) is 0 Å². The molecule has 16 heavy (non-hydrogen) atoms. The lowest BCUT2D eigenvalue weighted by molar-refractivity contribution is 0.625. The van der Waals surface area contributed by atoms with Crippen LogP contribution in [0.1, 0.15) is 11.1 Å². The Kier molecular flexibility index (Phi) is 3.10. The van der Waals surface area contributed by atoms with E-state index in [1.165, 1.54) is 12.1 Å². The van der Waals surface area contributed by atoms with Crippen LogP contribution in [0.3, 0.4) is 0 Å². The van der Waals surface area contributed by atoms with Gasteiger partial charge in [-0.15, -0.1) is 0 Å². The minimum atomic E-state index is -0.211. The van der Waals surface area contributed by atoms with Crippen LogP contribution in [-0.4, -0.2) is 9.97 Å². The SMILES string of the molecule is Cc1cc(F)ccc1CNc1ncccn1. The fourth-order valence-corrected chi connectivity index (χ4v) is 1.42. The highest BCUT2D eigenvalue weighted by Gasteiger charge is 2.00. The summed E-state index contributed by atoms with van der Waals surface area (Å²) in [6.07, 6.45) is 3.35. The third-order valence-electron chi connectivity index (χ3n) is 2.31. The second-order valence-corrected chi connectivity index (χ2v) is 3.50. The first-order chi connectivity index (χ1) is 7.75. The van der Waals surface area contributed by atoms with Crippen molar-refractivity contribution in [2.75, 3.05) is 5.32 Å². The Hall–Kier alpha value is -1.97. The van der Waals surface area contributed by atoms with E-state index in [1.807, 2.05) is 6.92 Å². The normalized spacial score (nSPS) is 10.1. The van der Waals surface area contributed by atoms with Gasteiger partial charge in [-0.25, -0.2) is 14.4 Å². The van der Waals surface area contributed by atoms with Gasteiger partial charge in [0.15, 0.2) is 0 Å². The van der Waals surface area contributed by atoms with Crippen LogP contribution in [0.2, 0.25) is 0 Å². The molecule has 0 aliphatic heterocycles. The van der Waals surface area contributed by atoms with Gasteiger partial charge < -0.3 is 5.32 Å². The number of halogens is 1. The summed E-state index contributed by atoms with van der Waals surface area (Å²) in [5.74, 6) is 0.364.